The SMILES string of the molecule is CN1CCCC1.CNC(=O)CCCCCC(=O)c1ccc(O)cc1.OC1CCCCC1. The standard InChI is InChI=1S/C14H19NO3.C6H12O.C5H11N/c1-15-14(18)6-4-2-3-5-13(17)11-7-9-12(16)10-8-11;7-6-4-2-1-3-5-6;1-6-4-2-3-5-6/h7-10,16H,2-6H2,1H3,(H,15,18);6-7H,1-5H2;2-5H2,1H3. The first-order chi connectivity index (χ1) is 14.9. The van der Waals surface area contributed by atoms with E-state index in [1.165, 1.54) is 57.3 Å². The molecule has 1 saturated carbocycles. The highest BCUT2D eigenvalue weighted by molar-refractivity contribution is 5.96. The van der Waals surface area contributed by atoms with Gasteiger partial charge in [0, 0.05) is 25.5 Å². The Morgan fingerprint density at radius 3 is 1.97 bits per heavy atom. The van der Waals surface area contributed by atoms with Gasteiger partial charge in [0.25, 0.3) is 0 Å². The summed E-state index contributed by atoms with van der Waals surface area (Å²) in [4.78, 5) is 25.1. The Hall–Kier alpha value is -1.92. The van der Waals surface area contributed by atoms with Crippen molar-refractivity contribution in [1.29, 1.82) is 0 Å². The Bertz CT molecular complexity index is 606. The van der Waals surface area contributed by atoms with Crippen LogP contribution in [0.5, 0.6) is 5.75 Å². The molecule has 0 bridgehead atoms. The lowest BCUT2D eigenvalue weighted by Gasteiger charge is -2.14. The van der Waals surface area contributed by atoms with Crippen LogP contribution in [0.2, 0.25) is 0 Å². The predicted molar refractivity (Wildman–Crippen MR) is 125 cm³/mol. The molecule has 6 heteroatoms. The van der Waals surface area contributed by atoms with Crippen LogP contribution in [-0.2, 0) is 4.79 Å². The second-order valence-electron chi connectivity index (χ2n) is 8.51. The molecule has 0 atom stereocenters. The number of Topliss-reactive ketones (excluding diaryl/α,β-unsaturated/α-hetero) is 1. The summed E-state index contributed by atoms with van der Waals surface area (Å²) < 4.78 is 0. The lowest BCUT2D eigenvalue weighted by molar-refractivity contribution is -0.120. The minimum atomic E-state index is 0.0359. The molecule has 31 heavy (non-hydrogen) atoms. The van der Waals surface area contributed by atoms with Crippen LogP contribution in [-0.4, -0.2) is 60.1 Å². The van der Waals surface area contributed by atoms with Crippen molar-refractivity contribution in [2.75, 3.05) is 27.2 Å². The number of phenolic OH excluding ortho intramolecular Hbond substituents is 1. The summed E-state index contributed by atoms with van der Waals surface area (Å²) in [6, 6.07) is 6.28. The molecular weight excluding hydrogens is 392 g/mol. The molecule has 1 aliphatic heterocycles. The van der Waals surface area contributed by atoms with E-state index in [-0.39, 0.29) is 23.5 Å². The maximum Gasteiger partial charge on any atom is 0.219 e. The van der Waals surface area contributed by atoms with Crippen molar-refractivity contribution in [3.8, 4) is 5.75 Å². The smallest absolute Gasteiger partial charge is 0.219 e. The summed E-state index contributed by atoms with van der Waals surface area (Å²) in [6.45, 7) is 2.64. The maximum absolute atomic E-state index is 11.7. The number of hydrogen-bond donors (Lipinski definition) is 3. The van der Waals surface area contributed by atoms with Crippen molar-refractivity contribution < 1.29 is 19.8 Å². The third-order valence-electron chi connectivity index (χ3n) is 5.68. The van der Waals surface area contributed by atoms with E-state index in [9.17, 15) is 9.59 Å². The maximum atomic E-state index is 11.7. The van der Waals surface area contributed by atoms with Gasteiger partial charge in [-0.3, -0.25) is 9.59 Å². The molecule has 3 N–H and O–H groups in total. The predicted octanol–water partition coefficient (Wildman–Crippen LogP) is 4.29. The topological polar surface area (TPSA) is 89.9 Å². The van der Waals surface area contributed by atoms with Crippen molar-refractivity contribution in [2.24, 2.45) is 0 Å². The van der Waals surface area contributed by atoms with Crippen LogP contribution in [0, 0.1) is 0 Å². The number of nitrogens with one attached hydrogen (secondary N) is 1. The van der Waals surface area contributed by atoms with Gasteiger partial charge in [0.1, 0.15) is 5.75 Å². The number of unbranched alkanes of at least 4 members (excludes halogenated alkanes) is 2. The molecule has 3 rings (SSSR count). The van der Waals surface area contributed by atoms with Crippen molar-refractivity contribution in [1.82, 2.24) is 10.2 Å². The molecule has 1 heterocycles. The highest BCUT2D eigenvalue weighted by Crippen LogP contribution is 2.16. The van der Waals surface area contributed by atoms with Crippen LogP contribution >= 0.6 is 0 Å². The number of carbonyl (C=O) groups excluding carboxylic acids is 2. The number of amides is 1. The first kappa shape index (κ1) is 27.1. The van der Waals surface area contributed by atoms with Gasteiger partial charge in [0.05, 0.1) is 6.10 Å². The van der Waals surface area contributed by atoms with Crippen LogP contribution in [0.3, 0.4) is 0 Å². The molecule has 0 aromatic heterocycles. The fraction of sp³-hybridized carbons (Fsp3) is 0.680. The second kappa shape index (κ2) is 16.7. The molecule has 176 valence electrons. The number of aliphatic hydroxyl groups is 1. The Labute approximate surface area is 188 Å². The number of ketones is 1. The highest BCUT2D eigenvalue weighted by Gasteiger charge is 2.08. The molecule has 1 aromatic carbocycles. The monoisotopic (exact) mass is 434 g/mol. The van der Waals surface area contributed by atoms with Gasteiger partial charge < -0.3 is 20.4 Å². The first-order valence-electron chi connectivity index (χ1n) is 11.8. The molecule has 1 aromatic rings. The molecule has 0 unspecified atom stereocenters. The summed E-state index contributed by atoms with van der Waals surface area (Å²) in [6.07, 6.45) is 12.2. The number of hydrogen-bond acceptors (Lipinski definition) is 5. The second-order valence-corrected chi connectivity index (χ2v) is 8.51. The summed E-state index contributed by atoms with van der Waals surface area (Å²) in [7, 11) is 3.80. The van der Waals surface area contributed by atoms with Crippen molar-refractivity contribution in [2.45, 2.75) is 83.2 Å². The average Bonchev–Trinajstić information content (AvgIpc) is 3.26. The molecule has 1 amide bonds. The van der Waals surface area contributed by atoms with Crippen LogP contribution < -0.4 is 5.32 Å². The number of likely N-dealkylation sites (tertiary alicyclic amines) is 1. The molecule has 2 fully saturated rings. The zero-order valence-electron chi connectivity index (χ0n) is 19.4. The Kier molecular flexibility index (Phi) is 14.6. The van der Waals surface area contributed by atoms with E-state index in [2.05, 4.69) is 17.3 Å². The number of aromatic hydroxyl groups is 1. The zero-order chi connectivity index (χ0) is 22.9. The number of benzene rings is 1. The van der Waals surface area contributed by atoms with Gasteiger partial charge in [-0.25, -0.2) is 0 Å². The van der Waals surface area contributed by atoms with Crippen LogP contribution in [0.1, 0.15) is 87.4 Å². The van der Waals surface area contributed by atoms with E-state index in [4.69, 9.17) is 10.2 Å². The van der Waals surface area contributed by atoms with Crippen molar-refractivity contribution in [3.63, 3.8) is 0 Å². The Balaban J connectivity index is 0.000000297. The van der Waals surface area contributed by atoms with Crippen molar-refractivity contribution in [3.05, 3.63) is 29.8 Å². The van der Waals surface area contributed by atoms with E-state index in [1.54, 1.807) is 19.2 Å². The first-order valence-corrected chi connectivity index (χ1v) is 11.8. The fourth-order valence-corrected chi connectivity index (χ4v) is 3.62. The number of phenols is 1. The third kappa shape index (κ3) is 13.9. The van der Waals surface area contributed by atoms with Gasteiger partial charge in [-0.2, -0.15) is 0 Å². The molecule has 0 spiro atoms. The van der Waals surface area contributed by atoms with Crippen LogP contribution in [0.15, 0.2) is 24.3 Å². The van der Waals surface area contributed by atoms with Gasteiger partial charge in [-0.1, -0.05) is 25.7 Å². The summed E-state index contributed by atoms with van der Waals surface area (Å²) >= 11 is 0. The van der Waals surface area contributed by atoms with Gasteiger partial charge in [0.2, 0.25) is 5.91 Å². The molecular formula is C25H42N2O4. The van der Waals surface area contributed by atoms with E-state index >= 15 is 0 Å². The fourth-order valence-electron chi connectivity index (χ4n) is 3.62. The minimum absolute atomic E-state index is 0.0359. The van der Waals surface area contributed by atoms with Crippen molar-refractivity contribution >= 4 is 11.7 Å². The van der Waals surface area contributed by atoms with Gasteiger partial charge in [-0.15, -0.1) is 0 Å². The summed E-state index contributed by atoms with van der Waals surface area (Å²) in [5, 5.41) is 20.6. The van der Waals surface area contributed by atoms with Crippen LogP contribution in [0.4, 0.5) is 0 Å². The number of carbonyl (C=O) groups is 2. The van der Waals surface area contributed by atoms with Gasteiger partial charge in [0.15, 0.2) is 5.78 Å². The lowest BCUT2D eigenvalue weighted by Crippen LogP contribution is -2.16. The molecule has 0 radical (unpaired) electrons. The lowest BCUT2D eigenvalue weighted by atomic mass is 9.98. The van der Waals surface area contributed by atoms with Crippen LogP contribution in [0.25, 0.3) is 0 Å². The quantitative estimate of drug-likeness (QED) is 0.440. The Morgan fingerprint density at radius 1 is 0.935 bits per heavy atom. The van der Waals surface area contributed by atoms with E-state index in [0.29, 0.717) is 18.4 Å². The van der Waals surface area contributed by atoms with E-state index < -0.39 is 0 Å². The minimum Gasteiger partial charge on any atom is -0.508 e. The summed E-state index contributed by atoms with van der Waals surface area (Å²) in [5.41, 5.74) is 0.624. The number of aliphatic hydroxyl groups excluding tert-OH is 1. The number of nitrogens with zero attached hydrogens (tertiary/aromatic N) is 1. The molecule has 1 saturated heterocycles. The molecule has 2 aliphatic rings. The Morgan fingerprint density at radius 2 is 1.52 bits per heavy atom. The molecule has 6 nitrogen and oxygen atoms in total. The van der Waals surface area contributed by atoms with Gasteiger partial charge in [-0.05, 0) is 82.9 Å². The van der Waals surface area contributed by atoms with E-state index in [1.807, 2.05) is 0 Å². The third-order valence-corrected chi connectivity index (χ3v) is 5.68. The largest absolute Gasteiger partial charge is 0.508 e. The summed E-state index contributed by atoms with van der Waals surface area (Å²) in [5.74, 6) is 0.284. The van der Waals surface area contributed by atoms with E-state index in [0.717, 1.165) is 32.1 Å². The number of rotatable bonds is 7. The molecule has 1 aliphatic carbocycles. The normalized spacial score (nSPS) is 16.5. The zero-order valence-corrected chi connectivity index (χ0v) is 19.4. The average molecular weight is 435 g/mol. The van der Waals surface area contributed by atoms with Gasteiger partial charge >= 0.3 is 0 Å². The highest BCUT2D eigenvalue weighted by atomic mass is 16.3.